The topological polar surface area (TPSA) is 55.6 Å². The Morgan fingerprint density at radius 3 is 3.20 bits per heavy atom. The molecule has 2 aromatic rings. The fraction of sp³-hybridized carbons (Fsp3) is 0.444. The van der Waals surface area contributed by atoms with Crippen LogP contribution in [0.25, 0.3) is 0 Å². The van der Waals surface area contributed by atoms with Crippen molar-refractivity contribution in [1.82, 2.24) is 25.5 Å². The number of nitrogens with one attached hydrogen (secondary N) is 1. The van der Waals surface area contributed by atoms with Crippen LogP contribution < -0.4 is 5.32 Å². The summed E-state index contributed by atoms with van der Waals surface area (Å²) in [5.74, 6) is 0.880. The van der Waals surface area contributed by atoms with Gasteiger partial charge in [-0.2, -0.15) is 0 Å². The van der Waals surface area contributed by atoms with Crippen molar-refractivity contribution in [3.8, 4) is 0 Å². The van der Waals surface area contributed by atoms with E-state index in [2.05, 4.69) is 39.2 Å². The predicted molar refractivity (Wildman–Crippen MR) is 58.6 cm³/mol. The van der Waals surface area contributed by atoms with Crippen molar-refractivity contribution >= 4 is 11.3 Å². The summed E-state index contributed by atoms with van der Waals surface area (Å²) in [5.41, 5.74) is 0. The van der Waals surface area contributed by atoms with Crippen molar-refractivity contribution in [2.45, 2.75) is 20.0 Å². The van der Waals surface area contributed by atoms with Gasteiger partial charge in [0.25, 0.3) is 0 Å². The molecule has 0 fully saturated rings. The lowest BCUT2D eigenvalue weighted by Gasteiger charge is -2.02. The highest BCUT2D eigenvalue weighted by Crippen LogP contribution is 2.10. The molecular formula is C9H13N5S. The van der Waals surface area contributed by atoms with Crippen molar-refractivity contribution in [2.75, 3.05) is 6.54 Å². The van der Waals surface area contributed by atoms with E-state index in [-0.39, 0.29) is 0 Å². The molecule has 2 heterocycles. The normalized spacial score (nSPS) is 10.7. The molecule has 0 aliphatic carbocycles. The van der Waals surface area contributed by atoms with E-state index in [0.29, 0.717) is 0 Å². The Hall–Kier alpha value is -1.27. The van der Waals surface area contributed by atoms with E-state index in [4.69, 9.17) is 0 Å². The molecule has 0 aromatic carbocycles. The summed E-state index contributed by atoms with van der Waals surface area (Å²) < 4.78 is 1.83. The molecule has 6 heteroatoms. The zero-order valence-corrected chi connectivity index (χ0v) is 9.37. The van der Waals surface area contributed by atoms with E-state index < -0.39 is 0 Å². The zero-order valence-electron chi connectivity index (χ0n) is 8.55. The molecule has 5 nitrogen and oxygen atoms in total. The van der Waals surface area contributed by atoms with Crippen LogP contribution in [-0.2, 0) is 13.1 Å². The summed E-state index contributed by atoms with van der Waals surface area (Å²) in [6.07, 6.45) is 0. The van der Waals surface area contributed by atoms with Crippen LogP contribution in [-0.4, -0.2) is 26.8 Å². The monoisotopic (exact) mass is 223 g/mol. The van der Waals surface area contributed by atoms with Gasteiger partial charge >= 0.3 is 0 Å². The maximum absolute atomic E-state index is 3.98. The molecule has 0 unspecified atom stereocenters. The molecule has 0 radical (unpaired) electrons. The first-order valence-corrected chi connectivity index (χ1v) is 5.76. The molecule has 80 valence electrons. The van der Waals surface area contributed by atoms with Crippen LogP contribution in [0.15, 0.2) is 17.5 Å². The minimum atomic E-state index is 0.717. The van der Waals surface area contributed by atoms with E-state index in [1.165, 1.54) is 4.88 Å². The van der Waals surface area contributed by atoms with Gasteiger partial charge < -0.3 is 5.32 Å². The zero-order chi connectivity index (χ0) is 10.5. The molecule has 0 atom stereocenters. The summed E-state index contributed by atoms with van der Waals surface area (Å²) in [4.78, 5) is 1.26. The van der Waals surface area contributed by atoms with Gasteiger partial charge in [0, 0.05) is 4.88 Å². The first kappa shape index (κ1) is 10.3. The number of rotatable bonds is 5. The van der Waals surface area contributed by atoms with Crippen molar-refractivity contribution in [3.63, 3.8) is 0 Å². The smallest absolute Gasteiger partial charge is 0.165 e. The fourth-order valence-corrected chi connectivity index (χ4v) is 1.95. The first-order chi connectivity index (χ1) is 7.40. The third-order valence-corrected chi connectivity index (χ3v) is 2.89. The number of tetrazole rings is 1. The molecule has 2 aromatic heterocycles. The molecule has 0 spiro atoms. The number of aromatic nitrogens is 4. The van der Waals surface area contributed by atoms with Crippen LogP contribution in [0.4, 0.5) is 0 Å². The molecule has 0 saturated carbocycles. The third-order valence-electron chi connectivity index (χ3n) is 2.02. The lowest BCUT2D eigenvalue weighted by Crippen LogP contribution is -2.17. The van der Waals surface area contributed by atoms with Crippen molar-refractivity contribution < 1.29 is 0 Å². The standard InChI is InChI=1S/C9H13N5S/c1-2-10-6-9-11-12-13-14(9)7-8-4-3-5-15-8/h3-5,10H,2,6-7H2,1H3. The summed E-state index contributed by atoms with van der Waals surface area (Å²) in [7, 11) is 0. The van der Waals surface area contributed by atoms with Gasteiger partial charge in [-0.1, -0.05) is 13.0 Å². The average molecular weight is 223 g/mol. The first-order valence-electron chi connectivity index (χ1n) is 4.88. The van der Waals surface area contributed by atoms with Crippen LogP contribution in [0.3, 0.4) is 0 Å². The second kappa shape index (κ2) is 4.99. The highest BCUT2D eigenvalue weighted by molar-refractivity contribution is 7.09. The van der Waals surface area contributed by atoms with Gasteiger partial charge in [-0.25, -0.2) is 4.68 Å². The average Bonchev–Trinajstić information content (AvgIpc) is 2.87. The van der Waals surface area contributed by atoms with Gasteiger partial charge in [-0.15, -0.1) is 16.4 Å². The molecule has 0 aliphatic heterocycles. The molecule has 15 heavy (non-hydrogen) atoms. The summed E-state index contributed by atoms with van der Waals surface area (Å²) in [5, 5.41) is 16.9. The van der Waals surface area contributed by atoms with Crippen molar-refractivity contribution in [2.24, 2.45) is 0 Å². The largest absolute Gasteiger partial charge is 0.310 e. The maximum Gasteiger partial charge on any atom is 0.165 e. The van der Waals surface area contributed by atoms with Gasteiger partial charge in [-0.05, 0) is 28.4 Å². The Kier molecular flexibility index (Phi) is 3.41. The quantitative estimate of drug-likeness (QED) is 0.818. The van der Waals surface area contributed by atoms with E-state index >= 15 is 0 Å². The molecule has 2 rings (SSSR count). The minimum absolute atomic E-state index is 0.717. The Bertz CT molecular complexity index is 394. The molecule has 0 bridgehead atoms. The number of nitrogens with zero attached hydrogens (tertiary/aromatic N) is 4. The van der Waals surface area contributed by atoms with Crippen LogP contribution in [0, 0.1) is 0 Å². The summed E-state index contributed by atoms with van der Waals surface area (Å²) in [6, 6.07) is 4.12. The predicted octanol–water partition coefficient (Wildman–Crippen LogP) is 0.892. The van der Waals surface area contributed by atoms with E-state index in [0.717, 1.165) is 25.5 Å². The van der Waals surface area contributed by atoms with Gasteiger partial charge in [0.05, 0.1) is 13.1 Å². The van der Waals surface area contributed by atoms with Crippen LogP contribution in [0.5, 0.6) is 0 Å². The molecular weight excluding hydrogens is 210 g/mol. The summed E-state index contributed by atoms with van der Waals surface area (Å²) in [6.45, 7) is 4.46. The van der Waals surface area contributed by atoms with Crippen LogP contribution in [0.2, 0.25) is 0 Å². The van der Waals surface area contributed by atoms with Gasteiger partial charge in [-0.3, -0.25) is 0 Å². The number of hydrogen-bond acceptors (Lipinski definition) is 5. The Balaban J connectivity index is 2.04. The highest BCUT2D eigenvalue weighted by Gasteiger charge is 2.05. The van der Waals surface area contributed by atoms with Crippen LogP contribution in [0.1, 0.15) is 17.6 Å². The molecule has 0 saturated heterocycles. The summed E-state index contributed by atoms with van der Waals surface area (Å²) >= 11 is 1.72. The van der Waals surface area contributed by atoms with Gasteiger partial charge in [0.2, 0.25) is 0 Å². The second-order valence-electron chi connectivity index (χ2n) is 3.11. The lowest BCUT2D eigenvalue weighted by molar-refractivity contribution is 0.591. The molecule has 1 N–H and O–H groups in total. The van der Waals surface area contributed by atoms with Gasteiger partial charge in [0.15, 0.2) is 5.82 Å². The molecule has 0 aliphatic rings. The minimum Gasteiger partial charge on any atom is -0.310 e. The second-order valence-corrected chi connectivity index (χ2v) is 4.14. The van der Waals surface area contributed by atoms with Crippen molar-refractivity contribution in [1.29, 1.82) is 0 Å². The number of hydrogen-bond donors (Lipinski definition) is 1. The SMILES string of the molecule is CCNCc1nnnn1Cc1cccs1. The van der Waals surface area contributed by atoms with E-state index in [1.54, 1.807) is 11.3 Å². The Morgan fingerprint density at radius 1 is 1.53 bits per heavy atom. The van der Waals surface area contributed by atoms with E-state index in [1.807, 2.05) is 10.7 Å². The molecule has 0 amide bonds. The van der Waals surface area contributed by atoms with Gasteiger partial charge in [0.1, 0.15) is 0 Å². The lowest BCUT2D eigenvalue weighted by atomic mass is 10.4. The van der Waals surface area contributed by atoms with Crippen molar-refractivity contribution in [3.05, 3.63) is 28.2 Å². The Labute approximate surface area is 92.1 Å². The fourth-order valence-electron chi connectivity index (χ4n) is 1.26. The third kappa shape index (κ3) is 2.60. The maximum atomic E-state index is 3.98. The van der Waals surface area contributed by atoms with Crippen LogP contribution >= 0.6 is 11.3 Å². The Morgan fingerprint density at radius 2 is 2.47 bits per heavy atom. The van der Waals surface area contributed by atoms with E-state index in [9.17, 15) is 0 Å². The number of thiophene rings is 1. The highest BCUT2D eigenvalue weighted by atomic mass is 32.1.